The molecule has 2 unspecified atom stereocenters. The molecular weight excluding hydrogens is 180 g/mol. The standard InChI is InChI=1S/C11H20O3/c1-4-5-10(8(2)3)11(12)14-7-9-6-13-9/h8-10H,4-7H2,1-3H3. The number of carbonyl (C=O) groups is 1. The lowest BCUT2D eigenvalue weighted by Gasteiger charge is -2.18. The zero-order valence-electron chi connectivity index (χ0n) is 9.29. The number of ether oxygens (including phenoxy) is 2. The van der Waals surface area contributed by atoms with E-state index in [4.69, 9.17) is 9.47 Å². The maximum absolute atomic E-state index is 11.6. The Morgan fingerprint density at radius 2 is 2.21 bits per heavy atom. The Bertz CT molecular complexity index is 185. The Morgan fingerprint density at radius 3 is 2.64 bits per heavy atom. The van der Waals surface area contributed by atoms with E-state index in [2.05, 4.69) is 20.8 Å². The molecule has 82 valence electrons. The fourth-order valence-corrected chi connectivity index (χ4v) is 1.48. The first kappa shape index (κ1) is 11.5. The largest absolute Gasteiger partial charge is 0.463 e. The molecule has 0 bridgehead atoms. The fraction of sp³-hybridized carbons (Fsp3) is 0.909. The van der Waals surface area contributed by atoms with Gasteiger partial charge in [0.2, 0.25) is 0 Å². The van der Waals surface area contributed by atoms with E-state index in [0.29, 0.717) is 12.5 Å². The van der Waals surface area contributed by atoms with Crippen LogP contribution in [0.15, 0.2) is 0 Å². The van der Waals surface area contributed by atoms with Crippen molar-refractivity contribution in [3.63, 3.8) is 0 Å². The van der Waals surface area contributed by atoms with Crippen molar-refractivity contribution in [2.75, 3.05) is 13.2 Å². The zero-order chi connectivity index (χ0) is 10.6. The maximum atomic E-state index is 11.6. The Kier molecular flexibility index (Phi) is 4.39. The van der Waals surface area contributed by atoms with E-state index >= 15 is 0 Å². The molecule has 2 atom stereocenters. The van der Waals surface area contributed by atoms with Crippen LogP contribution in [0, 0.1) is 11.8 Å². The first-order valence-corrected chi connectivity index (χ1v) is 5.43. The van der Waals surface area contributed by atoms with E-state index in [1.807, 2.05) is 0 Å². The molecule has 1 fully saturated rings. The number of rotatable bonds is 6. The highest BCUT2D eigenvalue weighted by Crippen LogP contribution is 2.19. The lowest BCUT2D eigenvalue weighted by molar-refractivity contribution is -0.150. The van der Waals surface area contributed by atoms with Gasteiger partial charge in [-0.15, -0.1) is 0 Å². The van der Waals surface area contributed by atoms with Gasteiger partial charge in [-0.25, -0.2) is 0 Å². The first-order chi connectivity index (χ1) is 6.65. The van der Waals surface area contributed by atoms with Gasteiger partial charge < -0.3 is 9.47 Å². The predicted molar refractivity (Wildman–Crippen MR) is 53.9 cm³/mol. The van der Waals surface area contributed by atoms with Crippen molar-refractivity contribution in [3.8, 4) is 0 Å². The van der Waals surface area contributed by atoms with Gasteiger partial charge in [-0.1, -0.05) is 27.2 Å². The SMILES string of the molecule is CCCC(C(=O)OCC1CO1)C(C)C. The minimum absolute atomic E-state index is 0.0544. The number of hydrogen-bond acceptors (Lipinski definition) is 3. The topological polar surface area (TPSA) is 38.8 Å². The first-order valence-electron chi connectivity index (χ1n) is 5.43. The van der Waals surface area contributed by atoms with Crippen LogP contribution < -0.4 is 0 Å². The molecule has 1 saturated heterocycles. The Balaban J connectivity index is 2.28. The maximum Gasteiger partial charge on any atom is 0.309 e. The lowest BCUT2D eigenvalue weighted by Crippen LogP contribution is -2.24. The van der Waals surface area contributed by atoms with Gasteiger partial charge in [0.15, 0.2) is 0 Å². The summed E-state index contributed by atoms with van der Waals surface area (Å²) in [6, 6.07) is 0. The van der Waals surface area contributed by atoms with Crippen LogP contribution >= 0.6 is 0 Å². The molecule has 0 aromatic rings. The van der Waals surface area contributed by atoms with Crippen LogP contribution in [0.3, 0.4) is 0 Å². The highest BCUT2D eigenvalue weighted by Gasteiger charge is 2.27. The summed E-state index contributed by atoms with van der Waals surface area (Å²) in [6.45, 7) is 7.40. The summed E-state index contributed by atoms with van der Waals surface area (Å²) in [5.41, 5.74) is 0. The van der Waals surface area contributed by atoms with Crippen LogP contribution in [0.2, 0.25) is 0 Å². The molecule has 0 aliphatic carbocycles. The zero-order valence-corrected chi connectivity index (χ0v) is 9.29. The van der Waals surface area contributed by atoms with Gasteiger partial charge in [0.05, 0.1) is 12.5 Å². The van der Waals surface area contributed by atoms with Crippen LogP contribution in [0.25, 0.3) is 0 Å². The van der Waals surface area contributed by atoms with Crippen molar-refractivity contribution >= 4 is 5.97 Å². The van der Waals surface area contributed by atoms with Crippen LogP contribution in [0.5, 0.6) is 0 Å². The second-order valence-electron chi connectivity index (χ2n) is 4.22. The minimum Gasteiger partial charge on any atom is -0.463 e. The van der Waals surface area contributed by atoms with E-state index in [0.717, 1.165) is 19.4 Å². The van der Waals surface area contributed by atoms with E-state index < -0.39 is 0 Å². The van der Waals surface area contributed by atoms with Gasteiger partial charge >= 0.3 is 5.97 Å². The van der Waals surface area contributed by atoms with Gasteiger partial charge in [0.1, 0.15) is 12.7 Å². The second-order valence-corrected chi connectivity index (χ2v) is 4.22. The summed E-state index contributed by atoms with van der Waals surface area (Å²) in [4.78, 5) is 11.6. The Hall–Kier alpha value is -0.570. The molecule has 1 aliphatic rings. The summed E-state index contributed by atoms with van der Waals surface area (Å²) in [5.74, 6) is 0.360. The summed E-state index contributed by atoms with van der Waals surface area (Å²) in [6.07, 6.45) is 2.12. The number of esters is 1. The molecule has 3 heteroatoms. The molecule has 1 rings (SSSR count). The van der Waals surface area contributed by atoms with Crippen molar-refractivity contribution < 1.29 is 14.3 Å². The highest BCUT2D eigenvalue weighted by atomic mass is 16.6. The van der Waals surface area contributed by atoms with Crippen molar-refractivity contribution in [3.05, 3.63) is 0 Å². The van der Waals surface area contributed by atoms with Crippen LogP contribution in [-0.4, -0.2) is 25.3 Å². The van der Waals surface area contributed by atoms with Gasteiger partial charge in [-0.3, -0.25) is 4.79 Å². The Labute approximate surface area is 85.8 Å². The number of carbonyl (C=O) groups excluding carboxylic acids is 1. The third-order valence-corrected chi connectivity index (χ3v) is 2.52. The van der Waals surface area contributed by atoms with Crippen molar-refractivity contribution in [2.45, 2.75) is 39.7 Å². The second kappa shape index (κ2) is 5.35. The van der Waals surface area contributed by atoms with Gasteiger partial charge in [-0.05, 0) is 12.3 Å². The van der Waals surface area contributed by atoms with Crippen molar-refractivity contribution in [2.24, 2.45) is 11.8 Å². The molecule has 3 nitrogen and oxygen atoms in total. The van der Waals surface area contributed by atoms with E-state index in [1.165, 1.54) is 0 Å². The van der Waals surface area contributed by atoms with Crippen molar-refractivity contribution in [1.29, 1.82) is 0 Å². The quantitative estimate of drug-likeness (QED) is 0.486. The smallest absolute Gasteiger partial charge is 0.309 e. The molecule has 0 radical (unpaired) electrons. The van der Waals surface area contributed by atoms with Crippen LogP contribution in [0.1, 0.15) is 33.6 Å². The summed E-state index contributed by atoms with van der Waals surface area (Å²) in [7, 11) is 0. The predicted octanol–water partition coefficient (Wildman–Crippen LogP) is 2.00. The third-order valence-electron chi connectivity index (χ3n) is 2.52. The Morgan fingerprint density at radius 1 is 1.57 bits per heavy atom. The van der Waals surface area contributed by atoms with Crippen molar-refractivity contribution in [1.82, 2.24) is 0 Å². The van der Waals surface area contributed by atoms with Gasteiger partial charge in [0, 0.05) is 0 Å². The third kappa shape index (κ3) is 3.66. The van der Waals surface area contributed by atoms with E-state index in [9.17, 15) is 4.79 Å². The highest BCUT2D eigenvalue weighted by molar-refractivity contribution is 5.72. The molecule has 1 heterocycles. The summed E-state index contributed by atoms with van der Waals surface area (Å²) in [5, 5.41) is 0. The molecule has 1 aliphatic heterocycles. The molecule has 0 N–H and O–H groups in total. The van der Waals surface area contributed by atoms with Gasteiger partial charge in [-0.2, -0.15) is 0 Å². The molecular formula is C11H20O3. The summed E-state index contributed by atoms with van der Waals surface area (Å²) < 4.78 is 10.2. The molecule has 0 amide bonds. The number of hydrogen-bond donors (Lipinski definition) is 0. The molecule has 0 aromatic heterocycles. The molecule has 14 heavy (non-hydrogen) atoms. The fourth-order valence-electron chi connectivity index (χ4n) is 1.48. The minimum atomic E-state index is -0.0580. The van der Waals surface area contributed by atoms with Gasteiger partial charge in [0.25, 0.3) is 0 Å². The summed E-state index contributed by atoms with van der Waals surface area (Å²) >= 11 is 0. The average molecular weight is 200 g/mol. The normalized spacial score (nSPS) is 22.1. The van der Waals surface area contributed by atoms with E-state index in [1.54, 1.807) is 0 Å². The average Bonchev–Trinajstić information content (AvgIpc) is 2.93. The monoisotopic (exact) mass is 200 g/mol. The lowest BCUT2D eigenvalue weighted by atomic mass is 9.92. The molecule has 0 spiro atoms. The van der Waals surface area contributed by atoms with E-state index in [-0.39, 0.29) is 18.0 Å². The molecule has 0 aromatic carbocycles. The van der Waals surface area contributed by atoms with Crippen LogP contribution in [0.4, 0.5) is 0 Å². The van der Waals surface area contributed by atoms with Crippen LogP contribution in [-0.2, 0) is 14.3 Å². The number of epoxide rings is 1. The molecule has 0 saturated carbocycles.